The molecule has 1 aliphatic rings. The van der Waals surface area contributed by atoms with Gasteiger partial charge in [-0.15, -0.1) is 0 Å². The summed E-state index contributed by atoms with van der Waals surface area (Å²) < 4.78 is 5.88. The summed E-state index contributed by atoms with van der Waals surface area (Å²) in [5.41, 5.74) is 1.61. The van der Waals surface area contributed by atoms with Crippen LogP contribution in [0.25, 0.3) is 10.8 Å². The Morgan fingerprint density at radius 1 is 0.931 bits per heavy atom. The molecule has 0 N–H and O–H groups in total. The molecule has 1 aliphatic heterocycles. The van der Waals surface area contributed by atoms with E-state index in [1.807, 2.05) is 71.6 Å². The van der Waals surface area contributed by atoms with E-state index in [9.17, 15) is 10.1 Å². The molecule has 0 atom stereocenters. The van der Waals surface area contributed by atoms with E-state index in [0.717, 1.165) is 35.2 Å². The van der Waals surface area contributed by atoms with Gasteiger partial charge >= 0.3 is 0 Å². The third kappa shape index (κ3) is 4.17. The number of hydrogen-bond donors (Lipinski definition) is 0. The Morgan fingerprint density at radius 2 is 1.72 bits per heavy atom. The standard InChI is InChI=1S/C24H23N3O2/c25-17-20-8-2-4-11-22(20)26-13-6-14-27(16-15-26)24(28)18-29-23-12-5-9-19-7-1-3-10-21(19)23/h1-5,7-12H,6,13-16,18H2. The molecule has 0 spiro atoms. The van der Waals surface area contributed by atoms with Crippen LogP contribution in [0.4, 0.5) is 5.69 Å². The molecule has 1 heterocycles. The number of ether oxygens (including phenoxy) is 1. The molecular formula is C24H23N3O2. The maximum absolute atomic E-state index is 12.8. The molecule has 5 heteroatoms. The summed E-state index contributed by atoms with van der Waals surface area (Å²) in [6.45, 7) is 2.88. The van der Waals surface area contributed by atoms with Gasteiger partial charge in [-0.25, -0.2) is 0 Å². The number of nitrogens with zero attached hydrogens (tertiary/aromatic N) is 3. The highest BCUT2D eigenvalue weighted by atomic mass is 16.5. The normalized spacial score (nSPS) is 14.3. The number of para-hydroxylation sites is 1. The number of rotatable bonds is 4. The van der Waals surface area contributed by atoms with Gasteiger partial charge in [0, 0.05) is 31.6 Å². The highest BCUT2D eigenvalue weighted by Gasteiger charge is 2.21. The number of hydrogen-bond acceptors (Lipinski definition) is 4. The Bertz CT molecular complexity index is 1050. The van der Waals surface area contributed by atoms with E-state index in [-0.39, 0.29) is 12.5 Å². The molecule has 3 aromatic carbocycles. The van der Waals surface area contributed by atoms with Crippen LogP contribution in [0.5, 0.6) is 5.75 Å². The lowest BCUT2D eigenvalue weighted by molar-refractivity contribution is -0.133. The number of amides is 1. The number of fused-ring (bicyclic) bond motifs is 1. The monoisotopic (exact) mass is 385 g/mol. The fourth-order valence-corrected chi connectivity index (χ4v) is 3.80. The van der Waals surface area contributed by atoms with Crippen LogP contribution in [0.2, 0.25) is 0 Å². The number of benzene rings is 3. The zero-order valence-corrected chi connectivity index (χ0v) is 16.3. The molecule has 0 aromatic heterocycles. The van der Waals surface area contributed by atoms with Crippen LogP contribution in [-0.2, 0) is 4.79 Å². The number of carbonyl (C=O) groups is 1. The molecule has 146 valence electrons. The lowest BCUT2D eigenvalue weighted by atomic mass is 10.1. The van der Waals surface area contributed by atoms with Crippen LogP contribution in [0.1, 0.15) is 12.0 Å². The largest absolute Gasteiger partial charge is 0.483 e. The van der Waals surface area contributed by atoms with Crippen LogP contribution < -0.4 is 9.64 Å². The summed E-state index contributed by atoms with van der Waals surface area (Å²) in [4.78, 5) is 16.8. The maximum Gasteiger partial charge on any atom is 0.260 e. The first-order valence-electron chi connectivity index (χ1n) is 9.88. The second-order valence-electron chi connectivity index (χ2n) is 7.12. The first-order chi connectivity index (χ1) is 14.3. The topological polar surface area (TPSA) is 56.6 Å². The summed E-state index contributed by atoms with van der Waals surface area (Å²) >= 11 is 0. The van der Waals surface area contributed by atoms with Crippen LogP contribution >= 0.6 is 0 Å². The van der Waals surface area contributed by atoms with Crippen molar-refractivity contribution in [3.63, 3.8) is 0 Å². The Kier molecular flexibility index (Phi) is 5.62. The van der Waals surface area contributed by atoms with Gasteiger partial charge in [0.2, 0.25) is 0 Å². The van der Waals surface area contributed by atoms with Gasteiger partial charge in [0.25, 0.3) is 5.91 Å². The summed E-state index contributed by atoms with van der Waals surface area (Å²) in [5.74, 6) is 0.726. The highest BCUT2D eigenvalue weighted by Crippen LogP contribution is 2.25. The molecule has 0 unspecified atom stereocenters. The number of anilines is 1. The lowest BCUT2D eigenvalue weighted by Gasteiger charge is -2.24. The fraction of sp³-hybridized carbons (Fsp3) is 0.250. The number of carbonyl (C=O) groups excluding carboxylic acids is 1. The van der Waals surface area contributed by atoms with Crippen molar-refractivity contribution in [2.45, 2.75) is 6.42 Å². The van der Waals surface area contributed by atoms with Gasteiger partial charge in [-0.1, -0.05) is 48.5 Å². The minimum Gasteiger partial charge on any atom is -0.483 e. The molecule has 29 heavy (non-hydrogen) atoms. The molecule has 3 aromatic rings. The van der Waals surface area contributed by atoms with E-state index < -0.39 is 0 Å². The van der Waals surface area contributed by atoms with Gasteiger partial charge in [-0.3, -0.25) is 4.79 Å². The van der Waals surface area contributed by atoms with E-state index in [0.29, 0.717) is 25.2 Å². The third-order valence-corrected chi connectivity index (χ3v) is 5.31. The molecule has 1 amide bonds. The van der Waals surface area contributed by atoms with Crippen molar-refractivity contribution >= 4 is 22.4 Å². The molecule has 0 aliphatic carbocycles. The van der Waals surface area contributed by atoms with Gasteiger partial charge in [-0.05, 0) is 30.0 Å². The summed E-state index contributed by atoms with van der Waals surface area (Å²) in [6.07, 6.45) is 0.861. The van der Waals surface area contributed by atoms with Crippen LogP contribution in [0, 0.1) is 11.3 Å². The molecule has 1 fully saturated rings. The Morgan fingerprint density at radius 3 is 2.62 bits per heavy atom. The maximum atomic E-state index is 12.8. The molecule has 0 bridgehead atoms. The molecular weight excluding hydrogens is 362 g/mol. The first kappa shape index (κ1) is 18.8. The average molecular weight is 385 g/mol. The van der Waals surface area contributed by atoms with Crippen molar-refractivity contribution in [2.24, 2.45) is 0 Å². The van der Waals surface area contributed by atoms with E-state index in [4.69, 9.17) is 4.74 Å². The summed E-state index contributed by atoms with van der Waals surface area (Å²) in [5, 5.41) is 11.5. The van der Waals surface area contributed by atoms with Gasteiger partial charge in [0.15, 0.2) is 6.61 Å². The van der Waals surface area contributed by atoms with E-state index in [2.05, 4.69) is 11.0 Å². The van der Waals surface area contributed by atoms with Crippen LogP contribution in [-0.4, -0.2) is 43.6 Å². The third-order valence-electron chi connectivity index (χ3n) is 5.31. The second kappa shape index (κ2) is 8.66. The zero-order valence-electron chi connectivity index (χ0n) is 16.3. The summed E-state index contributed by atoms with van der Waals surface area (Å²) in [7, 11) is 0. The molecule has 1 saturated heterocycles. The second-order valence-corrected chi connectivity index (χ2v) is 7.12. The zero-order chi connectivity index (χ0) is 20.1. The van der Waals surface area contributed by atoms with Crippen LogP contribution in [0.15, 0.2) is 66.7 Å². The fourth-order valence-electron chi connectivity index (χ4n) is 3.80. The van der Waals surface area contributed by atoms with E-state index in [1.165, 1.54) is 0 Å². The molecule has 0 radical (unpaired) electrons. The predicted octanol–water partition coefficient (Wildman–Crippen LogP) is 3.83. The van der Waals surface area contributed by atoms with Gasteiger partial charge in [0.1, 0.15) is 11.8 Å². The number of nitriles is 1. The van der Waals surface area contributed by atoms with Crippen molar-refractivity contribution < 1.29 is 9.53 Å². The van der Waals surface area contributed by atoms with Gasteiger partial charge < -0.3 is 14.5 Å². The Balaban J connectivity index is 1.39. The van der Waals surface area contributed by atoms with Crippen molar-refractivity contribution in [3.05, 3.63) is 72.3 Å². The van der Waals surface area contributed by atoms with Gasteiger partial charge in [-0.2, -0.15) is 5.26 Å². The van der Waals surface area contributed by atoms with Crippen molar-refractivity contribution in [2.75, 3.05) is 37.7 Å². The van der Waals surface area contributed by atoms with E-state index >= 15 is 0 Å². The summed E-state index contributed by atoms with van der Waals surface area (Å²) in [6, 6.07) is 23.8. The SMILES string of the molecule is N#Cc1ccccc1N1CCCN(C(=O)COc2cccc3ccccc23)CC1. The van der Waals surface area contributed by atoms with Crippen molar-refractivity contribution in [1.29, 1.82) is 5.26 Å². The molecule has 0 saturated carbocycles. The first-order valence-corrected chi connectivity index (χ1v) is 9.88. The quantitative estimate of drug-likeness (QED) is 0.685. The minimum absolute atomic E-state index is 0.00616. The van der Waals surface area contributed by atoms with E-state index in [1.54, 1.807) is 0 Å². The van der Waals surface area contributed by atoms with Crippen molar-refractivity contribution in [1.82, 2.24) is 4.90 Å². The molecule has 4 rings (SSSR count). The minimum atomic E-state index is -0.00616. The lowest BCUT2D eigenvalue weighted by Crippen LogP contribution is -2.38. The Hall–Kier alpha value is -3.52. The smallest absolute Gasteiger partial charge is 0.260 e. The average Bonchev–Trinajstić information content (AvgIpc) is 3.03. The molecule has 5 nitrogen and oxygen atoms in total. The van der Waals surface area contributed by atoms with Gasteiger partial charge in [0.05, 0.1) is 11.3 Å². The predicted molar refractivity (Wildman–Crippen MR) is 114 cm³/mol. The van der Waals surface area contributed by atoms with Crippen molar-refractivity contribution in [3.8, 4) is 11.8 Å². The van der Waals surface area contributed by atoms with Crippen LogP contribution in [0.3, 0.4) is 0 Å². The highest BCUT2D eigenvalue weighted by molar-refractivity contribution is 5.88. The Labute approximate surface area is 170 Å².